The minimum absolute atomic E-state index is 0.0737. The van der Waals surface area contributed by atoms with Gasteiger partial charge in [-0.15, -0.1) is 0 Å². The number of pyridine rings is 1. The molecule has 0 saturated heterocycles. The highest BCUT2D eigenvalue weighted by Crippen LogP contribution is 2.49. The van der Waals surface area contributed by atoms with Crippen LogP contribution in [0.3, 0.4) is 0 Å². The highest BCUT2D eigenvalue weighted by atomic mass is 35.5. The number of hydrogen-bond acceptors (Lipinski definition) is 6. The van der Waals surface area contributed by atoms with Crippen LogP contribution in [-0.4, -0.2) is 83.5 Å². The first kappa shape index (κ1) is 29.5. The molecule has 40 heavy (non-hydrogen) atoms. The van der Waals surface area contributed by atoms with Gasteiger partial charge >= 0.3 is 0 Å². The summed E-state index contributed by atoms with van der Waals surface area (Å²) in [5.74, 6) is -1.86. The van der Waals surface area contributed by atoms with E-state index in [2.05, 4.69) is 10.3 Å². The molecule has 0 radical (unpaired) electrons. The molecule has 1 aromatic carbocycles. The third kappa shape index (κ3) is 5.42. The summed E-state index contributed by atoms with van der Waals surface area (Å²) < 4.78 is 25.5. The van der Waals surface area contributed by atoms with Crippen LogP contribution in [0.2, 0.25) is 5.02 Å². The highest BCUT2D eigenvalue weighted by Gasteiger charge is 2.63. The maximum atomic E-state index is 13.7. The summed E-state index contributed by atoms with van der Waals surface area (Å²) in [5.41, 5.74) is 0.182. The van der Waals surface area contributed by atoms with Gasteiger partial charge in [0, 0.05) is 45.3 Å². The second-order valence-corrected chi connectivity index (χ2v) is 14.2. The Morgan fingerprint density at radius 3 is 2.35 bits per heavy atom. The zero-order chi connectivity index (χ0) is 29.5. The Morgan fingerprint density at radius 2 is 1.75 bits per heavy atom. The summed E-state index contributed by atoms with van der Waals surface area (Å²) in [7, 11) is -0.698. The van der Waals surface area contributed by atoms with E-state index < -0.39 is 42.6 Å². The van der Waals surface area contributed by atoms with Crippen molar-refractivity contribution in [2.45, 2.75) is 49.3 Å². The third-order valence-electron chi connectivity index (χ3n) is 7.33. The van der Waals surface area contributed by atoms with Gasteiger partial charge in [-0.3, -0.25) is 19.2 Å². The maximum Gasteiger partial charge on any atom is 0.270 e. The van der Waals surface area contributed by atoms with Crippen LogP contribution in [0, 0.1) is 0 Å². The summed E-state index contributed by atoms with van der Waals surface area (Å²) in [6.07, 6.45) is 1.88. The van der Waals surface area contributed by atoms with Crippen LogP contribution in [-0.2, 0) is 27.7 Å². The number of amides is 3. The molecule has 2 aromatic rings. The summed E-state index contributed by atoms with van der Waals surface area (Å²) in [6.45, 7) is 2.96. The van der Waals surface area contributed by atoms with Gasteiger partial charge < -0.3 is 19.7 Å². The first-order valence-corrected chi connectivity index (χ1v) is 14.6. The molecule has 1 aliphatic carbocycles. The number of nitrogens with zero attached hydrogens (tertiary/aromatic N) is 4. The Morgan fingerprint density at radius 1 is 1.10 bits per heavy atom. The average molecular weight is 590 g/mol. The van der Waals surface area contributed by atoms with E-state index >= 15 is 0 Å². The summed E-state index contributed by atoms with van der Waals surface area (Å²) in [6, 6.07) is 9.63. The fourth-order valence-electron chi connectivity index (χ4n) is 4.65. The van der Waals surface area contributed by atoms with Crippen molar-refractivity contribution in [1.82, 2.24) is 19.7 Å². The minimum Gasteiger partial charge on any atom is -0.369 e. The predicted molar refractivity (Wildman–Crippen MR) is 151 cm³/mol. The van der Waals surface area contributed by atoms with Crippen molar-refractivity contribution in [3.8, 4) is 0 Å². The fourth-order valence-corrected chi connectivity index (χ4v) is 7.11. The Hall–Kier alpha value is -3.51. The lowest BCUT2D eigenvalue weighted by atomic mass is 10.1. The predicted octanol–water partition coefficient (Wildman–Crippen LogP) is 1.73. The summed E-state index contributed by atoms with van der Waals surface area (Å²) in [5, 5.41) is 3.27. The molecule has 1 N–H and O–H groups in total. The molecule has 1 fully saturated rings. The van der Waals surface area contributed by atoms with Crippen LogP contribution >= 0.6 is 11.6 Å². The molecule has 4 rings (SSSR count). The van der Waals surface area contributed by atoms with Crippen LogP contribution in [0.1, 0.15) is 53.1 Å². The molecule has 2 heterocycles. The van der Waals surface area contributed by atoms with Crippen LogP contribution in [0.4, 0.5) is 0 Å². The van der Waals surface area contributed by atoms with Gasteiger partial charge in [0.05, 0.1) is 11.1 Å². The number of carbonyl (C=O) groups excluding carboxylic acids is 3. The van der Waals surface area contributed by atoms with Crippen LogP contribution in [0.5, 0.6) is 0 Å². The first-order valence-electron chi connectivity index (χ1n) is 12.8. The minimum atomic E-state index is -4.04. The number of benzene rings is 1. The fraction of sp³-hybridized carbons (Fsp3) is 0.444. The first-order chi connectivity index (χ1) is 18.7. The maximum absolute atomic E-state index is 13.7. The number of fused-ring (bicyclic) bond motifs is 1. The van der Waals surface area contributed by atoms with Gasteiger partial charge in [-0.25, -0.2) is 13.4 Å². The van der Waals surface area contributed by atoms with E-state index in [-0.39, 0.29) is 37.4 Å². The monoisotopic (exact) mass is 589 g/mol. The molecular weight excluding hydrogens is 558 g/mol. The molecule has 0 atom stereocenters. The van der Waals surface area contributed by atoms with E-state index in [4.69, 9.17) is 11.6 Å². The van der Waals surface area contributed by atoms with Crippen molar-refractivity contribution in [2.24, 2.45) is 4.99 Å². The summed E-state index contributed by atoms with van der Waals surface area (Å²) >= 11 is 5.88. The quantitative estimate of drug-likeness (QED) is 0.347. The van der Waals surface area contributed by atoms with Gasteiger partial charge in [-0.05, 0) is 56.5 Å². The molecule has 11 nitrogen and oxygen atoms in total. The van der Waals surface area contributed by atoms with E-state index in [1.165, 1.54) is 46.7 Å². The number of halogens is 1. The topological polar surface area (TPSA) is 138 Å². The normalized spacial score (nSPS) is 16.5. The Bertz CT molecular complexity index is 1540. The molecule has 1 saturated carbocycles. The zero-order valence-electron chi connectivity index (χ0n) is 22.8. The van der Waals surface area contributed by atoms with Crippen LogP contribution in [0.25, 0.3) is 0 Å². The number of nitrogens with one attached hydrogen (secondary N) is 1. The van der Waals surface area contributed by atoms with Gasteiger partial charge in [-0.1, -0.05) is 23.7 Å². The van der Waals surface area contributed by atoms with Gasteiger partial charge in [0.15, 0.2) is 9.84 Å². The molecular formula is C27H32ClN5O6S. The standard InChI is InChI=1S/C27H32ClN5O6S/c1-26(2,25(37)30-17-31(3)4)40(38,39)27(11-12-27)16-32-13-14-33-21(24(32)36)10-9-20(23(33)35)22(34)29-15-18-5-7-19(28)8-6-18/h5-10,17H,11-16H2,1-4H3,(H,29,34). The van der Waals surface area contributed by atoms with Gasteiger partial charge in [0.25, 0.3) is 23.3 Å². The largest absolute Gasteiger partial charge is 0.369 e. The lowest BCUT2D eigenvalue weighted by molar-refractivity contribution is -0.119. The van der Waals surface area contributed by atoms with Gasteiger partial charge in [0.1, 0.15) is 16.0 Å². The molecule has 0 bridgehead atoms. The molecule has 0 spiro atoms. The smallest absolute Gasteiger partial charge is 0.270 e. The van der Waals surface area contributed by atoms with Crippen molar-refractivity contribution >= 4 is 45.5 Å². The number of aliphatic imine (C=N–C) groups is 1. The number of aromatic nitrogens is 1. The van der Waals surface area contributed by atoms with Crippen LogP contribution in [0.15, 0.2) is 46.2 Å². The zero-order valence-corrected chi connectivity index (χ0v) is 24.4. The van der Waals surface area contributed by atoms with Crippen molar-refractivity contribution < 1.29 is 22.8 Å². The number of hydrogen-bond donors (Lipinski definition) is 1. The van der Waals surface area contributed by atoms with Crippen molar-refractivity contribution in [3.63, 3.8) is 0 Å². The number of sulfone groups is 1. The Kier molecular flexibility index (Phi) is 7.97. The van der Waals surface area contributed by atoms with E-state index in [1.54, 1.807) is 38.4 Å². The molecule has 13 heteroatoms. The van der Waals surface area contributed by atoms with Crippen molar-refractivity contribution in [2.75, 3.05) is 27.2 Å². The second-order valence-electron chi connectivity index (χ2n) is 10.8. The SMILES string of the molecule is CN(C)C=NC(=O)C(C)(C)S(=O)(=O)C1(CN2CCn3c(ccc(C(=O)NCc4ccc(Cl)cc4)c3=O)C2=O)CC1. The van der Waals surface area contributed by atoms with Crippen LogP contribution < -0.4 is 10.9 Å². The second kappa shape index (κ2) is 10.8. The van der Waals surface area contributed by atoms with Crippen molar-refractivity contribution in [1.29, 1.82) is 0 Å². The van der Waals surface area contributed by atoms with E-state index in [1.807, 2.05) is 0 Å². The highest BCUT2D eigenvalue weighted by molar-refractivity contribution is 7.95. The molecule has 0 unspecified atom stereocenters. The third-order valence-corrected chi connectivity index (χ3v) is 10.8. The lowest BCUT2D eigenvalue weighted by Crippen LogP contribution is -2.54. The molecule has 1 aliphatic heterocycles. The molecule has 214 valence electrons. The number of rotatable bonds is 9. The van der Waals surface area contributed by atoms with Crippen molar-refractivity contribution in [3.05, 3.63) is 68.6 Å². The van der Waals surface area contributed by atoms with E-state index in [9.17, 15) is 27.6 Å². The molecule has 3 amide bonds. The van der Waals surface area contributed by atoms with E-state index in [0.717, 1.165) is 5.56 Å². The van der Waals surface area contributed by atoms with Gasteiger partial charge in [-0.2, -0.15) is 0 Å². The molecule has 2 aliphatic rings. The molecule has 1 aromatic heterocycles. The van der Waals surface area contributed by atoms with Gasteiger partial charge in [0.2, 0.25) is 0 Å². The Labute approximate surface area is 237 Å². The van der Waals surface area contributed by atoms with E-state index in [0.29, 0.717) is 17.9 Å². The average Bonchev–Trinajstić information content (AvgIpc) is 3.70. The lowest BCUT2D eigenvalue weighted by Gasteiger charge is -2.35. The Balaban J connectivity index is 1.50. The number of carbonyl (C=O) groups is 3. The summed E-state index contributed by atoms with van der Waals surface area (Å²) in [4.78, 5) is 58.6.